The summed E-state index contributed by atoms with van der Waals surface area (Å²) < 4.78 is 31.0. The van der Waals surface area contributed by atoms with Crippen molar-refractivity contribution < 1.29 is 13.2 Å². The molecule has 2 atom stereocenters. The highest BCUT2D eigenvalue weighted by atomic mass is 35.5. The van der Waals surface area contributed by atoms with Crippen LogP contribution in [0.25, 0.3) is 0 Å². The molecule has 1 rings (SSSR count). The van der Waals surface area contributed by atoms with Gasteiger partial charge in [0.05, 0.1) is 12.4 Å². The Balaban J connectivity index is 0.00000289. The van der Waals surface area contributed by atoms with Gasteiger partial charge >= 0.3 is 0 Å². The largest absolute Gasteiger partial charge is 0.381 e. The molecule has 18 heavy (non-hydrogen) atoms. The van der Waals surface area contributed by atoms with E-state index in [1.807, 2.05) is 6.92 Å². The lowest BCUT2D eigenvalue weighted by atomic mass is 9.93. The van der Waals surface area contributed by atoms with Crippen LogP contribution in [-0.2, 0) is 14.8 Å². The first kappa shape index (κ1) is 18.1. The minimum absolute atomic E-state index is 0. The van der Waals surface area contributed by atoms with E-state index < -0.39 is 10.0 Å². The Morgan fingerprint density at radius 3 is 2.67 bits per heavy atom. The van der Waals surface area contributed by atoms with Crippen molar-refractivity contribution in [2.45, 2.75) is 32.7 Å². The third kappa shape index (κ3) is 4.66. The van der Waals surface area contributed by atoms with Gasteiger partial charge in [-0.15, -0.1) is 12.4 Å². The van der Waals surface area contributed by atoms with Gasteiger partial charge < -0.3 is 10.5 Å². The molecule has 0 radical (unpaired) electrons. The average molecular weight is 301 g/mol. The Hall–Kier alpha value is 0.120. The number of hydrogen-bond donors (Lipinski definition) is 1. The minimum Gasteiger partial charge on any atom is -0.381 e. The van der Waals surface area contributed by atoms with E-state index in [2.05, 4.69) is 6.92 Å². The van der Waals surface area contributed by atoms with E-state index in [4.69, 9.17) is 10.5 Å². The first-order valence-electron chi connectivity index (χ1n) is 6.30. The molecule has 2 N–H and O–H groups in total. The number of nitrogens with two attached hydrogens (primary N) is 1. The third-order valence-electron chi connectivity index (χ3n) is 3.35. The lowest BCUT2D eigenvalue weighted by Crippen LogP contribution is -2.52. The van der Waals surface area contributed by atoms with Crippen LogP contribution in [0.2, 0.25) is 0 Å². The third-order valence-corrected chi connectivity index (χ3v) is 5.20. The summed E-state index contributed by atoms with van der Waals surface area (Å²) in [6, 6.07) is -0.0459. The molecular weight excluding hydrogens is 276 g/mol. The molecule has 1 aliphatic heterocycles. The van der Waals surface area contributed by atoms with Gasteiger partial charge in [-0.1, -0.05) is 6.92 Å². The second-order valence-electron chi connectivity index (χ2n) is 4.55. The summed E-state index contributed by atoms with van der Waals surface area (Å²) in [5.41, 5.74) is 5.70. The quantitative estimate of drug-likeness (QED) is 0.738. The van der Waals surface area contributed by atoms with Crippen molar-refractivity contribution in [3.05, 3.63) is 0 Å². The van der Waals surface area contributed by atoms with Crippen LogP contribution in [0.5, 0.6) is 0 Å². The highest BCUT2D eigenvalue weighted by Gasteiger charge is 2.34. The van der Waals surface area contributed by atoms with Crippen molar-refractivity contribution in [1.82, 2.24) is 4.31 Å². The molecule has 0 bridgehead atoms. The van der Waals surface area contributed by atoms with Crippen LogP contribution >= 0.6 is 12.4 Å². The first-order valence-corrected chi connectivity index (χ1v) is 7.91. The van der Waals surface area contributed by atoms with Gasteiger partial charge in [0.15, 0.2) is 0 Å². The van der Waals surface area contributed by atoms with Gasteiger partial charge in [0, 0.05) is 25.7 Å². The van der Waals surface area contributed by atoms with Gasteiger partial charge in [0.2, 0.25) is 10.0 Å². The molecule has 0 aromatic carbocycles. The Morgan fingerprint density at radius 2 is 2.11 bits per heavy atom. The van der Waals surface area contributed by atoms with E-state index >= 15 is 0 Å². The van der Waals surface area contributed by atoms with Gasteiger partial charge in [0.25, 0.3) is 0 Å². The van der Waals surface area contributed by atoms with Crippen molar-refractivity contribution in [2.24, 2.45) is 11.7 Å². The van der Waals surface area contributed by atoms with Crippen molar-refractivity contribution in [3.63, 3.8) is 0 Å². The molecule has 0 aromatic rings. The van der Waals surface area contributed by atoms with Crippen LogP contribution in [0.1, 0.15) is 26.7 Å². The van der Waals surface area contributed by atoms with Gasteiger partial charge in [-0.25, -0.2) is 8.42 Å². The smallest absolute Gasteiger partial charge is 0.216 e. The fourth-order valence-corrected chi connectivity index (χ4v) is 4.01. The molecule has 0 saturated carbocycles. The zero-order chi connectivity index (χ0) is 12.9. The molecule has 1 aliphatic rings. The van der Waals surface area contributed by atoms with Crippen molar-refractivity contribution in [2.75, 3.05) is 32.1 Å². The monoisotopic (exact) mass is 300 g/mol. The normalized spacial score (nSPS) is 25.7. The first-order chi connectivity index (χ1) is 8.03. The average Bonchev–Trinajstić information content (AvgIpc) is 2.29. The second-order valence-corrected chi connectivity index (χ2v) is 6.59. The van der Waals surface area contributed by atoms with Gasteiger partial charge in [-0.05, 0) is 25.7 Å². The molecule has 5 nitrogen and oxygen atoms in total. The molecule has 0 amide bonds. The summed E-state index contributed by atoms with van der Waals surface area (Å²) in [4.78, 5) is 0. The molecular formula is C11H25ClN2O3S. The summed E-state index contributed by atoms with van der Waals surface area (Å²) in [5, 5.41) is 0. The number of sulfonamides is 1. The Kier molecular flexibility index (Phi) is 8.38. The fraction of sp³-hybridized carbons (Fsp3) is 1.00. The van der Waals surface area contributed by atoms with Crippen LogP contribution in [0.3, 0.4) is 0 Å². The number of hydrogen-bond acceptors (Lipinski definition) is 4. The number of piperidine rings is 1. The molecule has 0 aliphatic carbocycles. The molecule has 0 aromatic heterocycles. The second kappa shape index (κ2) is 8.32. The summed E-state index contributed by atoms with van der Waals surface area (Å²) in [6.45, 7) is 5.74. The lowest BCUT2D eigenvalue weighted by molar-refractivity contribution is 0.157. The maximum absolute atomic E-state index is 12.2. The highest BCUT2D eigenvalue weighted by molar-refractivity contribution is 7.89. The molecule has 7 heteroatoms. The molecule has 1 fully saturated rings. The Labute approximate surface area is 117 Å². The number of ether oxygens (including phenoxy) is 1. The number of halogens is 1. The Bertz CT molecular complexity index is 324. The standard InChI is InChI=1S/C11H24N2O3S.ClH/c1-3-16-7-8-17(14,15)13-6-4-5-10(2)11(13)9-12;/h10-11H,3-9,12H2,1-2H3;1H. The van der Waals surface area contributed by atoms with E-state index in [-0.39, 0.29) is 30.8 Å². The fourth-order valence-electron chi connectivity index (χ4n) is 2.33. The van der Waals surface area contributed by atoms with E-state index in [9.17, 15) is 8.42 Å². The van der Waals surface area contributed by atoms with Crippen LogP contribution in [-0.4, -0.2) is 50.8 Å². The highest BCUT2D eigenvalue weighted by Crippen LogP contribution is 2.25. The minimum atomic E-state index is -3.22. The zero-order valence-corrected chi connectivity index (χ0v) is 12.8. The molecule has 1 heterocycles. The molecule has 1 saturated heterocycles. The summed E-state index contributed by atoms with van der Waals surface area (Å²) in [5.74, 6) is 0.403. The van der Waals surface area contributed by atoms with E-state index in [0.717, 1.165) is 12.8 Å². The van der Waals surface area contributed by atoms with E-state index in [1.54, 1.807) is 4.31 Å². The van der Waals surface area contributed by atoms with Crippen LogP contribution in [0, 0.1) is 5.92 Å². The molecule has 0 spiro atoms. The predicted molar refractivity (Wildman–Crippen MR) is 75.5 cm³/mol. The van der Waals surface area contributed by atoms with Gasteiger partial charge in [-0.3, -0.25) is 0 Å². The van der Waals surface area contributed by atoms with Crippen LogP contribution in [0.4, 0.5) is 0 Å². The summed E-state index contributed by atoms with van der Waals surface area (Å²) in [7, 11) is -3.22. The predicted octanol–water partition coefficient (Wildman–Crippen LogP) is 0.834. The Morgan fingerprint density at radius 1 is 1.44 bits per heavy atom. The molecule has 110 valence electrons. The number of rotatable bonds is 6. The number of nitrogens with zero attached hydrogens (tertiary/aromatic N) is 1. The SMILES string of the molecule is CCOCCS(=O)(=O)N1CCCC(C)C1CN.Cl. The van der Waals surface area contributed by atoms with Gasteiger partial charge in [0.1, 0.15) is 0 Å². The topological polar surface area (TPSA) is 72.6 Å². The van der Waals surface area contributed by atoms with Crippen molar-refractivity contribution >= 4 is 22.4 Å². The van der Waals surface area contributed by atoms with Crippen molar-refractivity contribution in [3.8, 4) is 0 Å². The van der Waals surface area contributed by atoms with Gasteiger partial charge in [-0.2, -0.15) is 4.31 Å². The maximum Gasteiger partial charge on any atom is 0.216 e. The zero-order valence-electron chi connectivity index (χ0n) is 11.2. The molecule has 2 unspecified atom stereocenters. The summed E-state index contributed by atoms with van der Waals surface area (Å²) in [6.07, 6.45) is 1.98. The van der Waals surface area contributed by atoms with Crippen molar-refractivity contribution in [1.29, 1.82) is 0 Å². The van der Waals surface area contributed by atoms with E-state index in [1.165, 1.54) is 0 Å². The van der Waals surface area contributed by atoms with Crippen LogP contribution in [0.15, 0.2) is 0 Å². The van der Waals surface area contributed by atoms with Crippen LogP contribution < -0.4 is 5.73 Å². The van der Waals surface area contributed by atoms with E-state index in [0.29, 0.717) is 25.6 Å². The lowest BCUT2D eigenvalue weighted by Gasteiger charge is -2.38. The summed E-state index contributed by atoms with van der Waals surface area (Å²) >= 11 is 0. The maximum atomic E-state index is 12.2.